The molecule has 0 bridgehead atoms. The molecular weight excluding hydrogens is 304 g/mol. The largest absolute Gasteiger partial charge is 0.360 e. The van der Waals surface area contributed by atoms with Crippen molar-refractivity contribution in [3.63, 3.8) is 0 Å². The van der Waals surface area contributed by atoms with Crippen LogP contribution in [-0.4, -0.2) is 16.0 Å². The van der Waals surface area contributed by atoms with Crippen molar-refractivity contribution in [2.45, 2.75) is 20.3 Å². The normalized spacial score (nSPS) is 10.4. The summed E-state index contributed by atoms with van der Waals surface area (Å²) in [5.41, 5.74) is 2.98. The molecule has 0 unspecified atom stereocenters. The van der Waals surface area contributed by atoms with Crippen molar-refractivity contribution in [1.82, 2.24) is 10.1 Å². The van der Waals surface area contributed by atoms with Crippen molar-refractivity contribution in [3.8, 4) is 0 Å². The van der Waals surface area contributed by atoms with Crippen LogP contribution in [0.2, 0.25) is 0 Å². The van der Waals surface area contributed by atoms with E-state index in [9.17, 15) is 4.79 Å². The van der Waals surface area contributed by atoms with Crippen LogP contribution in [0.5, 0.6) is 0 Å². The molecule has 0 aliphatic carbocycles. The predicted octanol–water partition coefficient (Wildman–Crippen LogP) is 3.94. The molecule has 122 valence electrons. The molecule has 2 aromatic heterocycles. The van der Waals surface area contributed by atoms with Gasteiger partial charge in [0, 0.05) is 11.8 Å². The van der Waals surface area contributed by atoms with Crippen molar-refractivity contribution in [1.29, 1.82) is 0 Å². The Morgan fingerprint density at radius 2 is 2.04 bits per heavy atom. The first-order valence-electron chi connectivity index (χ1n) is 7.71. The van der Waals surface area contributed by atoms with Gasteiger partial charge in [-0.25, -0.2) is 4.98 Å². The molecule has 0 saturated carbocycles. The smallest absolute Gasteiger partial charge is 0.274 e. The zero-order valence-corrected chi connectivity index (χ0v) is 13.5. The van der Waals surface area contributed by atoms with Crippen LogP contribution in [0.15, 0.2) is 53.2 Å². The number of nitrogens with one attached hydrogen (secondary N) is 2. The average Bonchev–Trinajstić information content (AvgIpc) is 3.01. The van der Waals surface area contributed by atoms with E-state index in [-0.39, 0.29) is 5.91 Å². The SMILES string of the molecule is CCc1ccccc1NC(=O)c1ccc(Nc2cc(C)on2)cn1. The van der Waals surface area contributed by atoms with Gasteiger partial charge in [-0.1, -0.05) is 30.3 Å². The van der Waals surface area contributed by atoms with Crippen molar-refractivity contribution in [3.05, 3.63) is 65.7 Å². The van der Waals surface area contributed by atoms with Crippen LogP contribution in [0, 0.1) is 6.92 Å². The highest BCUT2D eigenvalue weighted by Crippen LogP contribution is 2.18. The Bertz CT molecular complexity index is 840. The van der Waals surface area contributed by atoms with Gasteiger partial charge in [0.25, 0.3) is 5.91 Å². The fourth-order valence-corrected chi connectivity index (χ4v) is 2.31. The van der Waals surface area contributed by atoms with Gasteiger partial charge in [0.15, 0.2) is 5.82 Å². The van der Waals surface area contributed by atoms with Crippen molar-refractivity contribution in [2.24, 2.45) is 0 Å². The summed E-state index contributed by atoms with van der Waals surface area (Å²) >= 11 is 0. The number of aryl methyl sites for hydroxylation is 2. The molecule has 6 heteroatoms. The Morgan fingerprint density at radius 3 is 2.71 bits per heavy atom. The number of aromatic nitrogens is 2. The standard InChI is InChI=1S/C18H18N4O2/c1-3-13-6-4-5-7-15(13)21-18(23)16-9-8-14(11-19-16)20-17-10-12(2)24-22-17/h4-11H,3H2,1-2H3,(H,20,22)(H,21,23). The van der Waals surface area contributed by atoms with Gasteiger partial charge < -0.3 is 15.2 Å². The zero-order chi connectivity index (χ0) is 16.9. The van der Waals surface area contributed by atoms with Crippen LogP contribution in [0.25, 0.3) is 0 Å². The van der Waals surface area contributed by atoms with E-state index in [1.54, 1.807) is 24.4 Å². The lowest BCUT2D eigenvalue weighted by molar-refractivity contribution is 0.102. The lowest BCUT2D eigenvalue weighted by Crippen LogP contribution is -2.14. The molecule has 0 fully saturated rings. The number of carbonyl (C=O) groups is 1. The van der Waals surface area contributed by atoms with E-state index in [0.29, 0.717) is 11.5 Å². The van der Waals surface area contributed by atoms with Crippen LogP contribution in [-0.2, 0) is 6.42 Å². The fraction of sp³-hybridized carbons (Fsp3) is 0.167. The Labute approximate surface area is 139 Å². The number of carbonyl (C=O) groups excluding carboxylic acids is 1. The third-order valence-electron chi connectivity index (χ3n) is 3.54. The molecule has 0 aliphatic rings. The molecule has 3 aromatic rings. The molecule has 0 atom stereocenters. The number of pyridine rings is 1. The van der Waals surface area contributed by atoms with Crippen LogP contribution in [0.3, 0.4) is 0 Å². The fourth-order valence-electron chi connectivity index (χ4n) is 2.31. The van der Waals surface area contributed by atoms with Crippen LogP contribution >= 0.6 is 0 Å². The zero-order valence-electron chi connectivity index (χ0n) is 13.5. The van der Waals surface area contributed by atoms with Crippen molar-refractivity contribution in [2.75, 3.05) is 10.6 Å². The first-order valence-corrected chi connectivity index (χ1v) is 7.71. The minimum atomic E-state index is -0.236. The number of hydrogen-bond donors (Lipinski definition) is 2. The van der Waals surface area contributed by atoms with Crippen molar-refractivity contribution < 1.29 is 9.32 Å². The summed E-state index contributed by atoms with van der Waals surface area (Å²) in [5, 5.41) is 9.81. The first-order chi connectivity index (χ1) is 11.7. The first kappa shape index (κ1) is 15.7. The molecule has 6 nitrogen and oxygen atoms in total. The molecule has 0 radical (unpaired) electrons. The van der Waals surface area contributed by atoms with Gasteiger partial charge in [0.1, 0.15) is 11.5 Å². The summed E-state index contributed by atoms with van der Waals surface area (Å²) in [7, 11) is 0. The monoisotopic (exact) mass is 322 g/mol. The second kappa shape index (κ2) is 6.95. The average molecular weight is 322 g/mol. The van der Waals surface area contributed by atoms with Gasteiger partial charge in [0.05, 0.1) is 11.9 Å². The summed E-state index contributed by atoms with van der Waals surface area (Å²) in [6.07, 6.45) is 2.44. The topological polar surface area (TPSA) is 80.0 Å². The maximum absolute atomic E-state index is 12.3. The molecule has 2 heterocycles. The summed E-state index contributed by atoms with van der Waals surface area (Å²) < 4.78 is 4.99. The Hall–Kier alpha value is -3.15. The van der Waals surface area contributed by atoms with E-state index < -0.39 is 0 Å². The van der Waals surface area contributed by atoms with Gasteiger partial charge in [-0.3, -0.25) is 4.79 Å². The van der Waals surface area contributed by atoms with E-state index in [1.165, 1.54) is 0 Å². The molecule has 0 saturated heterocycles. The maximum Gasteiger partial charge on any atom is 0.274 e. The lowest BCUT2D eigenvalue weighted by atomic mass is 10.1. The van der Waals surface area contributed by atoms with E-state index in [4.69, 9.17) is 4.52 Å². The number of hydrogen-bond acceptors (Lipinski definition) is 5. The van der Waals surface area contributed by atoms with E-state index in [2.05, 4.69) is 27.7 Å². The van der Waals surface area contributed by atoms with Gasteiger partial charge in [-0.2, -0.15) is 0 Å². The molecule has 1 amide bonds. The highest BCUT2D eigenvalue weighted by molar-refractivity contribution is 6.03. The molecule has 24 heavy (non-hydrogen) atoms. The summed E-state index contributed by atoms with van der Waals surface area (Å²) in [4.78, 5) is 16.5. The summed E-state index contributed by atoms with van der Waals surface area (Å²) in [6.45, 7) is 3.87. The number of benzene rings is 1. The van der Waals surface area contributed by atoms with Crippen molar-refractivity contribution >= 4 is 23.1 Å². The highest BCUT2D eigenvalue weighted by atomic mass is 16.5. The van der Waals surface area contributed by atoms with Gasteiger partial charge >= 0.3 is 0 Å². The Kier molecular flexibility index (Phi) is 4.56. The minimum Gasteiger partial charge on any atom is -0.360 e. The Balaban J connectivity index is 1.69. The second-order valence-corrected chi connectivity index (χ2v) is 5.34. The molecule has 0 aliphatic heterocycles. The third kappa shape index (κ3) is 3.60. The molecule has 0 spiro atoms. The number of amides is 1. The molecular formula is C18H18N4O2. The van der Waals surface area contributed by atoms with E-state index >= 15 is 0 Å². The molecule has 3 rings (SSSR count). The Morgan fingerprint density at radius 1 is 1.21 bits per heavy atom. The molecule has 1 aromatic carbocycles. The number of nitrogens with zero attached hydrogens (tertiary/aromatic N) is 2. The van der Waals surface area contributed by atoms with E-state index in [1.807, 2.05) is 31.2 Å². The van der Waals surface area contributed by atoms with Crippen LogP contribution in [0.1, 0.15) is 28.7 Å². The maximum atomic E-state index is 12.3. The van der Waals surface area contributed by atoms with E-state index in [0.717, 1.165) is 29.1 Å². The van der Waals surface area contributed by atoms with Gasteiger partial charge in [0.2, 0.25) is 0 Å². The number of anilines is 3. The lowest BCUT2D eigenvalue weighted by Gasteiger charge is -2.09. The summed E-state index contributed by atoms with van der Waals surface area (Å²) in [6, 6.07) is 13.0. The second-order valence-electron chi connectivity index (χ2n) is 5.34. The molecule has 2 N–H and O–H groups in total. The minimum absolute atomic E-state index is 0.236. The predicted molar refractivity (Wildman–Crippen MR) is 92.5 cm³/mol. The third-order valence-corrected chi connectivity index (χ3v) is 3.54. The number of para-hydroxylation sites is 1. The highest BCUT2D eigenvalue weighted by Gasteiger charge is 2.10. The summed E-state index contributed by atoms with van der Waals surface area (Å²) in [5.74, 6) is 1.08. The van der Waals surface area contributed by atoms with Gasteiger partial charge in [-0.05, 0) is 37.1 Å². The van der Waals surface area contributed by atoms with Gasteiger partial charge in [-0.15, -0.1) is 0 Å². The quantitative estimate of drug-likeness (QED) is 0.744. The van der Waals surface area contributed by atoms with Crippen LogP contribution < -0.4 is 10.6 Å². The number of rotatable bonds is 5. The van der Waals surface area contributed by atoms with Crippen LogP contribution in [0.4, 0.5) is 17.2 Å².